The van der Waals surface area contributed by atoms with Crippen LogP contribution in [0.25, 0.3) is 16.7 Å². The fourth-order valence-corrected chi connectivity index (χ4v) is 3.73. The number of rotatable bonds is 5. The predicted molar refractivity (Wildman–Crippen MR) is 119 cm³/mol. The molecule has 4 rings (SSSR count). The molecule has 1 fully saturated rings. The molecule has 1 unspecified atom stereocenters. The minimum absolute atomic E-state index is 0.0863. The smallest absolute Gasteiger partial charge is 0.411 e. The molecule has 3 aromatic rings. The molecule has 2 atom stereocenters. The van der Waals surface area contributed by atoms with Crippen molar-refractivity contribution in [1.29, 1.82) is 0 Å². The summed E-state index contributed by atoms with van der Waals surface area (Å²) < 4.78 is 18.6. The maximum atomic E-state index is 12.6. The van der Waals surface area contributed by atoms with Crippen LogP contribution in [0.3, 0.4) is 0 Å². The van der Waals surface area contributed by atoms with Crippen molar-refractivity contribution in [2.75, 3.05) is 13.7 Å². The first kappa shape index (κ1) is 22.4. The Balaban J connectivity index is 1.66. The van der Waals surface area contributed by atoms with Crippen molar-refractivity contribution in [2.45, 2.75) is 44.9 Å². The van der Waals surface area contributed by atoms with Crippen molar-refractivity contribution in [3.63, 3.8) is 0 Å². The fraction of sp³-hybridized carbons (Fsp3) is 0.391. The number of aliphatic carboxylic acids is 1. The second kappa shape index (κ2) is 8.61. The van der Waals surface area contributed by atoms with Crippen LogP contribution in [-0.4, -0.2) is 68.2 Å². The van der Waals surface area contributed by atoms with E-state index in [1.165, 1.54) is 4.90 Å². The molecule has 0 saturated carbocycles. The van der Waals surface area contributed by atoms with Crippen molar-refractivity contribution in [2.24, 2.45) is 0 Å². The number of nitrogens with zero attached hydrogens (tertiary/aromatic N) is 4. The Morgan fingerprint density at radius 2 is 2.00 bits per heavy atom. The van der Waals surface area contributed by atoms with Crippen LogP contribution in [0.2, 0.25) is 0 Å². The molecule has 10 heteroatoms. The van der Waals surface area contributed by atoms with Crippen LogP contribution < -0.4 is 9.47 Å². The number of pyridine rings is 1. The summed E-state index contributed by atoms with van der Waals surface area (Å²) in [5.41, 5.74) is -0.105. The highest BCUT2D eigenvalue weighted by Gasteiger charge is 2.42. The molecule has 2 aromatic heterocycles. The van der Waals surface area contributed by atoms with Gasteiger partial charge in [-0.25, -0.2) is 19.3 Å². The summed E-state index contributed by atoms with van der Waals surface area (Å²) in [6.45, 7) is 5.29. The van der Waals surface area contributed by atoms with Gasteiger partial charge in [0.25, 0.3) is 0 Å². The van der Waals surface area contributed by atoms with Gasteiger partial charge < -0.3 is 19.3 Å². The Bertz CT molecular complexity index is 1170. The largest absolute Gasteiger partial charge is 0.497 e. The van der Waals surface area contributed by atoms with E-state index in [0.717, 1.165) is 5.39 Å². The lowest BCUT2D eigenvalue weighted by Gasteiger charge is -2.26. The first-order valence-electron chi connectivity index (χ1n) is 10.5. The highest BCUT2D eigenvalue weighted by atomic mass is 16.6. The normalized spacial score (nSPS) is 18.4. The first-order valence-corrected chi connectivity index (χ1v) is 10.5. The summed E-state index contributed by atoms with van der Waals surface area (Å²) in [6, 6.07) is 7.91. The lowest BCUT2D eigenvalue weighted by molar-refractivity contribution is -0.142. The standard InChI is InChI=1S/C23H26N4O6/c1-23(2,3)33-22(30)26-13-15(11-18(26)21(28)29)32-19-12-20(27-9-5-8-24-27)25-17-10-14(31-4)6-7-16(17)19/h5-10,12,15,18H,11,13H2,1-4H3,(H,28,29)/t15-,18?/m1/s1. The van der Waals surface area contributed by atoms with E-state index in [9.17, 15) is 14.7 Å². The highest BCUT2D eigenvalue weighted by molar-refractivity contribution is 5.87. The molecule has 174 valence electrons. The molecule has 0 radical (unpaired) electrons. The average molecular weight is 454 g/mol. The predicted octanol–water partition coefficient (Wildman–Crippen LogP) is 3.27. The Morgan fingerprint density at radius 3 is 2.64 bits per heavy atom. The zero-order valence-corrected chi connectivity index (χ0v) is 18.9. The van der Waals surface area contributed by atoms with Gasteiger partial charge in [-0.1, -0.05) is 0 Å². The molecular weight excluding hydrogens is 428 g/mol. The van der Waals surface area contributed by atoms with Crippen molar-refractivity contribution < 1.29 is 28.9 Å². The fourth-order valence-electron chi connectivity index (χ4n) is 3.73. The van der Waals surface area contributed by atoms with E-state index in [-0.39, 0.29) is 13.0 Å². The van der Waals surface area contributed by atoms with Gasteiger partial charge >= 0.3 is 12.1 Å². The number of amides is 1. The SMILES string of the molecule is COc1ccc2c(O[C@@H]3CC(C(=O)O)N(C(=O)OC(C)(C)C)C3)cc(-n3cccn3)nc2c1. The van der Waals surface area contributed by atoms with Crippen molar-refractivity contribution in [3.05, 3.63) is 42.7 Å². The van der Waals surface area contributed by atoms with Crippen molar-refractivity contribution >= 4 is 23.0 Å². The summed E-state index contributed by atoms with van der Waals surface area (Å²) in [5.74, 6) is 0.579. The summed E-state index contributed by atoms with van der Waals surface area (Å²) in [6.07, 6.45) is 2.31. The van der Waals surface area contributed by atoms with Crippen molar-refractivity contribution in [3.8, 4) is 17.3 Å². The van der Waals surface area contributed by atoms with Gasteiger partial charge in [-0.3, -0.25) is 4.90 Å². The topological polar surface area (TPSA) is 116 Å². The first-order chi connectivity index (χ1) is 15.6. The summed E-state index contributed by atoms with van der Waals surface area (Å²) in [5, 5.41) is 14.6. The molecule has 1 saturated heterocycles. The minimum atomic E-state index is -1.10. The number of benzene rings is 1. The number of likely N-dealkylation sites (tertiary alicyclic amines) is 1. The van der Waals surface area contributed by atoms with Gasteiger partial charge in [-0.15, -0.1) is 0 Å². The molecule has 0 aliphatic carbocycles. The van der Waals surface area contributed by atoms with Crippen LogP contribution in [0.5, 0.6) is 11.5 Å². The number of hydrogen-bond donors (Lipinski definition) is 1. The molecular formula is C23H26N4O6. The second-order valence-electron chi connectivity index (χ2n) is 8.77. The van der Waals surface area contributed by atoms with Gasteiger partial charge in [-0.05, 0) is 39.0 Å². The maximum absolute atomic E-state index is 12.6. The van der Waals surface area contributed by atoms with Gasteiger partial charge in [-0.2, -0.15) is 5.10 Å². The summed E-state index contributed by atoms with van der Waals surface area (Å²) in [4.78, 5) is 30.3. The van der Waals surface area contributed by atoms with Gasteiger partial charge in [0.05, 0.1) is 19.2 Å². The number of carboxylic acids is 1. The number of fused-ring (bicyclic) bond motifs is 1. The lowest BCUT2D eigenvalue weighted by atomic mass is 10.1. The van der Waals surface area contributed by atoms with Gasteiger partial charge in [0.2, 0.25) is 0 Å². The third-order valence-electron chi connectivity index (χ3n) is 5.17. The molecule has 33 heavy (non-hydrogen) atoms. The zero-order chi connectivity index (χ0) is 23.8. The second-order valence-corrected chi connectivity index (χ2v) is 8.77. The van der Waals surface area contributed by atoms with Gasteiger partial charge in [0.15, 0.2) is 5.82 Å². The Kier molecular flexibility index (Phi) is 5.84. The molecule has 10 nitrogen and oxygen atoms in total. The molecule has 3 heterocycles. The van der Waals surface area contributed by atoms with Crippen LogP contribution in [0, 0.1) is 0 Å². The molecule has 1 aromatic carbocycles. The summed E-state index contributed by atoms with van der Waals surface area (Å²) in [7, 11) is 1.58. The third kappa shape index (κ3) is 4.84. The Hall–Kier alpha value is -3.82. The summed E-state index contributed by atoms with van der Waals surface area (Å²) >= 11 is 0. The number of carboxylic acid groups (broad SMARTS) is 1. The molecule has 1 aliphatic rings. The Labute approximate surface area is 190 Å². The minimum Gasteiger partial charge on any atom is -0.497 e. The number of hydrogen-bond acceptors (Lipinski definition) is 7. The number of methoxy groups -OCH3 is 1. The number of ether oxygens (including phenoxy) is 3. The van der Waals surface area contributed by atoms with Gasteiger partial charge in [0.1, 0.15) is 29.2 Å². The van der Waals surface area contributed by atoms with Gasteiger partial charge in [0, 0.05) is 36.3 Å². The van der Waals surface area contributed by atoms with E-state index in [0.29, 0.717) is 22.8 Å². The van der Waals surface area contributed by atoms with Crippen LogP contribution in [0.15, 0.2) is 42.7 Å². The van der Waals surface area contributed by atoms with Crippen LogP contribution in [-0.2, 0) is 9.53 Å². The zero-order valence-electron chi connectivity index (χ0n) is 18.9. The van der Waals surface area contributed by atoms with E-state index in [1.54, 1.807) is 69.2 Å². The Morgan fingerprint density at radius 1 is 1.21 bits per heavy atom. The number of aromatic nitrogens is 3. The number of carbonyl (C=O) groups is 2. The molecule has 1 amide bonds. The number of carbonyl (C=O) groups excluding carboxylic acids is 1. The van der Waals surface area contributed by atoms with Crippen LogP contribution in [0.1, 0.15) is 27.2 Å². The quantitative estimate of drug-likeness (QED) is 0.624. The third-order valence-corrected chi connectivity index (χ3v) is 5.17. The van der Waals surface area contributed by atoms with Crippen LogP contribution in [0.4, 0.5) is 4.79 Å². The molecule has 1 aliphatic heterocycles. The van der Waals surface area contributed by atoms with Crippen molar-refractivity contribution in [1.82, 2.24) is 19.7 Å². The van der Waals surface area contributed by atoms with E-state index in [4.69, 9.17) is 14.2 Å². The average Bonchev–Trinajstić information content (AvgIpc) is 3.42. The van der Waals surface area contributed by atoms with E-state index in [1.807, 2.05) is 6.07 Å². The molecule has 1 N–H and O–H groups in total. The van der Waals surface area contributed by atoms with Crippen LogP contribution >= 0.6 is 0 Å². The van der Waals surface area contributed by atoms with E-state index < -0.39 is 29.8 Å². The monoisotopic (exact) mass is 454 g/mol. The lowest BCUT2D eigenvalue weighted by Crippen LogP contribution is -2.43. The molecule has 0 spiro atoms. The van der Waals surface area contributed by atoms with E-state index in [2.05, 4.69) is 10.1 Å². The highest BCUT2D eigenvalue weighted by Crippen LogP contribution is 2.33. The van der Waals surface area contributed by atoms with E-state index >= 15 is 0 Å². The maximum Gasteiger partial charge on any atom is 0.411 e. The molecule has 0 bridgehead atoms.